The number of halogens is 1. The topological polar surface area (TPSA) is 29.1 Å². The summed E-state index contributed by atoms with van der Waals surface area (Å²) in [6.45, 7) is 3.79. The van der Waals surface area contributed by atoms with Crippen LogP contribution in [0, 0.1) is 11.2 Å². The molecule has 1 aliphatic rings. The summed E-state index contributed by atoms with van der Waals surface area (Å²) in [5.41, 5.74) is -0.256. The highest BCUT2D eigenvalue weighted by molar-refractivity contribution is 7.20. The van der Waals surface area contributed by atoms with E-state index in [1.807, 2.05) is 6.07 Å². The number of fused-ring (bicyclic) bond motifs is 1. The molecule has 1 unspecified atom stereocenters. The number of thiophene rings is 1. The first-order chi connectivity index (χ1) is 9.64. The van der Waals surface area contributed by atoms with Crippen molar-refractivity contribution >= 4 is 27.2 Å². The molecule has 0 spiro atoms. The second kappa shape index (κ2) is 5.26. The van der Waals surface area contributed by atoms with Crippen molar-refractivity contribution in [2.24, 2.45) is 5.41 Å². The van der Waals surface area contributed by atoms with Crippen molar-refractivity contribution in [1.82, 2.24) is 5.32 Å². The molecular formula is C16H18FNOS. The fourth-order valence-electron chi connectivity index (χ4n) is 3.12. The summed E-state index contributed by atoms with van der Waals surface area (Å²) in [6.07, 6.45) is 2.83. The Morgan fingerprint density at radius 3 is 3.00 bits per heavy atom. The molecule has 1 aromatic heterocycles. The highest BCUT2D eigenvalue weighted by Gasteiger charge is 2.41. The molecule has 2 nitrogen and oxygen atoms in total. The van der Waals surface area contributed by atoms with Crippen LogP contribution in [-0.4, -0.2) is 18.9 Å². The summed E-state index contributed by atoms with van der Waals surface area (Å²) in [7, 11) is 0. The van der Waals surface area contributed by atoms with Crippen LogP contribution in [0.5, 0.6) is 0 Å². The first-order valence-electron chi connectivity index (χ1n) is 7.09. The van der Waals surface area contributed by atoms with Crippen molar-refractivity contribution in [2.75, 3.05) is 13.1 Å². The van der Waals surface area contributed by atoms with Crippen molar-refractivity contribution in [3.63, 3.8) is 0 Å². The molecule has 0 bridgehead atoms. The third-order valence-corrected chi connectivity index (χ3v) is 5.26. The van der Waals surface area contributed by atoms with Gasteiger partial charge in [-0.3, -0.25) is 4.79 Å². The molecule has 1 aliphatic heterocycles. The molecule has 106 valence electrons. The predicted octanol–water partition coefficient (Wildman–Crippen LogP) is 4.00. The van der Waals surface area contributed by atoms with E-state index in [1.165, 1.54) is 23.5 Å². The Labute approximate surface area is 122 Å². The van der Waals surface area contributed by atoms with Crippen LogP contribution in [0.4, 0.5) is 4.39 Å². The summed E-state index contributed by atoms with van der Waals surface area (Å²) >= 11 is 1.41. The molecule has 3 rings (SSSR count). The summed E-state index contributed by atoms with van der Waals surface area (Å²) in [6, 6.07) is 6.62. The van der Waals surface area contributed by atoms with Crippen LogP contribution in [0.2, 0.25) is 0 Å². The van der Waals surface area contributed by atoms with Crippen molar-refractivity contribution in [1.29, 1.82) is 0 Å². The molecule has 0 radical (unpaired) electrons. The Hall–Kier alpha value is -1.26. The third-order valence-electron chi connectivity index (χ3n) is 4.16. The van der Waals surface area contributed by atoms with Crippen LogP contribution in [0.3, 0.4) is 0 Å². The van der Waals surface area contributed by atoms with Crippen molar-refractivity contribution in [3.8, 4) is 0 Å². The number of ketones is 1. The largest absolute Gasteiger partial charge is 0.316 e. The lowest BCUT2D eigenvalue weighted by Gasteiger charge is -2.25. The fraction of sp³-hybridized carbons (Fsp3) is 0.438. The zero-order chi connectivity index (χ0) is 14.2. The van der Waals surface area contributed by atoms with Crippen LogP contribution < -0.4 is 5.32 Å². The average Bonchev–Trinajstić information content (AvgIpc) is 3.05. The number of benzene rings is 1. The summed E-state index contributed by atoms with van der Waals surface area (Å²) in [4.78, 5) is 13.7. The van der Waals surface area contributed by atoms with Gasteiger partial charge in [-0.15, -0.1) is 11.3 Å². The number of carbonyl (C=O) groups excluding carboxylic acids is 1. The van der Waals surface area contributed by atoms with Gasteiger partial charge in [0.25, 0.3) is 0 Å². The Bertz CT molecular complexity index is 643. The quantitative estimate of drug-likeness (QED) is 0.863. The van der Waals surface area contributed by atoms with Crippen LogP contribution in [-0.2, 0) is 0 Å². The van der Waals surface area contributed by atoms with Gasteiger partial charge in [0.1, 0.15) is 5.82 Å². The molecule has 0 aliphatic carbocycles. The van der Waals surface area contributed by atoms with Crippen LogP contribution >= 0.6 is 11.3 Å². The van der Waals surface area contributed by atoms with E-state index in [0.29, 0.717) is 0 Å². The molecule has 1 saturated heterocycles. The summed E-state index contributed by atoms with van der Waals surface area (Å²) in [5, 5.41) is 4.27. The Balaban J connectivity index is 1.98. The minimum Gasteiger partial charge on any atom is -0.316 e. The van der Waals surface area contributed by atoms with Crippen LogP contribution in [0.25, 0.3) is 10.1 Å². The highest BCUT2D eigenvalue weighted by atomic mass is 32.1. The lowest BCUT2D eigenvalue weighted by atomic mass is 9.78. The normalized spacial score (nSPS) is 22.5. The number of hydrogen-bond donors (Lipinski definition) is 1. The average molecular weight is 291 g/mol. The molecular weight excluding hydrogens is 273 g/mol. The van der Waals surface area contributed by atoms with E-state index < -0.39 is 0 Å². The van der Waals surface area contributed by atoms with E-state index >= 15 is 0 Å². The van der Waals surface area contributed by atoms with Gasteiger partial charge < -0.3 is 5.32 Å². The molecule has 0 amide bonds. The Kier molecular flexibility index (Phi) is 3.61. The molecule has 0 saturated carbocycles. The maximum Gasteiger partial charge on any atom is 0.180 e. The minimum absolute atomic E-state index is 0.228. The molecule has 1 aromatic carbocycles. The van der Waals surface area contributed by atoms with Gasteiger partial charge in [-0.2, -0.15) is 0 Å². The first kappa shape index (κ1) is 13.7. The van der Waals surface area contributed by atoms with Gasteiger partial charge in [-0.25, -0.2) is 4.39 Å². The van der Waals surface area contributed by atoms with Crippen molar-refractivity contribution in [3.05, 3.63) is 35.0 Å². The van der Waals surface area contributed by atoms with E-state index in [9.17, 15) is 9.18 Å². The van der Waals surface area contributed by atoms with Gasteiger partial charge in [0.2, 0.25) is 0 Å². The smallest absolute Gasteiger partial charge is 0.180 e. The van der Waals surface area contributed by atoms with Gasteiger partial charge >= 0.3 is 0 Å². The summed E-state index contributed by atoms with van der Waals surface area (Å²) in [5.74, 6) is -0.0184. The van der Waals surface area contributed by atoms with Gasteiger partial charge in [-0.1, -0.05) is 19.4 Å². The number of nitrogens with one attached hydrogen (secondary N) is 1. The maximum absolute atomic E-state index is 13.3. The van der Waals surface area contributed by atoms with E-state index in [4.69, 9.17) is 0 Å². The lowest BCUT2D eigenvalue weighted by Crippen LogP contribution is -2.33. The van der Waals surface area contributed by atoms with Crippen molar-refractivity contribution in [2.45, 2.75) is 26.2 Å². The lowest BCUT2D eigenvalue weighted by molar-refractivity contribution is 0.0806. The van der Waals surface area contributed by atoms with E-state index in [-0.39, 0.29) is 17.0 Å². The van der Waals surface area contributed by atoms with E-state index in [0.717, 1.165) is 47.3 Å². The molecule has 1 atom stereocenters. The number of rotatable bonds is 4. The second-order valence-corrected chi connectivity index (χ2v) is 6.66. The molecule has 2 aromatic rings. The maximum atomic E-state index is 13.3. The molecule has 4 heteroatoms. The minimum atomic E-state index is -0.256. The van der Waals surface area contributed by atoms with Gasteiger partial charge in [0, 0.05) is 16.7 Å². The molecule has 1 fully saturated rings. The van der Waals surface area contributed by atoms with Crippen molar-refractivity contribution < 1.29 is 9.18 Å². The number of hydrogen-bond acceptors (Lipinski definition) is 3. The van der Waals surface area contributed by atoms with Crippen LogP contribution in [0.15, 0.2) is 24.3 Å². The molecule has 20 heavy (non-hydrogen) atoms. The van der Waals surface area contributed by atoms with Gasteiger partial charge in [-0.05, 0) is 43.0 Å². The zero-order valence-electron chi connectivity index (χ0n) is 11.5. The third kappa shape index (κ3) is 2.27. The second-order valence-electron chi connectivity index (χ2n) is 5.58. The fourth-order valence-corrected chi connectivity index (χ4v) is 4.27. The Morgan fingerprint density at radius 1 is 1.45 bits per heavy atom. The highest BCUT2D eigenvalue weighted by Crippen LogP contribution is 2.38. The number of carbonyl (C=O) groups is 1. The van der Waals surface area contributed by atoms with Crippen LogP contribution in [0.1, 0.15) is 35.9 Å². The van der Waals surface area contributed by atoms with E-state index in [1.54, 1.807) is 6.07 Å². The first-order valence-corrected chi connectivity index (χ1v) is 7.91. The SMILES string of the molecule is CCCC1(C(=O)c2cc3ccc(F)cc3s2)CCNC1. The summed E-state index contributed by atoms with van der Waals surface area (Å²) < 4.78 is 14.1. The predicted molar refractivity (Wildman–Crippen MR) is 80.9 cm³/mol. The zero-order valence-corrected chi connectivity index (χ0v) is 12.4. The van der Waals surface area contributed by atoms with Gasteiger partial charge in [0.15, 0.2) is 5.78 Å². The number of Topliss-reactive ketones (excluding diaryl/α,β-unsaturated/α-hetero) is 1. The Morgan fingerprint density at radius 2 is 2.30 bits per heavy atom. The van der Waals surface area contributed by atoms with E-state index in [2.05, 4.69) is 12.2 Å². The molecule has 1 N–H and O–H groups in total. The standard InChI is InChI=1S/C16H18FNOS/c1-2-5-16(6-7-18-10-16)15(19)14-8-11-3-4-12(17)9-13(11)20-14/h3-4,8-9,18H,2,5-7,10H2,1H3. The molecule has 2 heterocycles. The monoisotopic (exact) mass is 291 g/mol. The van der Waals surface area contributed by atoms with Gasteiger partial charge in [0.05, 0.1) is 4.88 Å².